The Morgan fingerprint density at radius 1 is 1.33 bits per heavy atom. The van der Waals surface area contributed by atoms with Crippen LogP contribution in [0.4, 0.5) is 0 Å². The number of rotatable bonds is 1. The number of halogens is 2. The molecular weight excluding hydrogens is 239 g/mol. The van der Waals surface area contributed by atoms with Crippen molar-refractivity contribution in [2.45, 2.75) is 0 Å². The van der Waals surface area contributed by atoms with Crippen LogP contribution < -0.4 is 0 Å². The Kier molecular flexibility index (Phi) is 2.46. The quantitative estimate of drug-likeness (QED) is 0.836. The zero-order chi connectivity index (χ0) is 11.0. The fraction of sp³-hybridized carbons (Fsp3) is 0. The zero-order valence-corrected chi connectivity index (χ0v) is 8.75. The van der Waals surface area contributed by atoms with Gasteiger partial charge in [0.2, 0.25) is 0 Å². The van der Waals surface area contributed by atoms with Gasteiger partial charge < -0.3 is 5.11 Å². The van der Waals surface area contributed by atoms with E-state index in [4.69, 9.17) is 28.3 Å². The number of carboxylic acid groups (broad SMARTS) is 1. The summed E-state index contributed by atoms with van der Waals surface area (Å²) < 4.78 is 0. The summed E-state index contributed by atoms with van der Waals surface area (Å²) >= 11 is 11.5. The monoisotopic (exact) mass is 242 g/mol. The first kappa shape index (κ1) is 10.1. The van der Waals surface area contributed by atoms with E-state index < -0.39 is 5.97 Å². The van der Waals surface area contributed by atoms with Gasteiger partial charge in [-0.1, -0.05) is 23.2 Å². The Hall–Kier alpha value is -1.39. The molecule has 0 fully saturated rings. The van der Waals surface area contributed by atoms with Crippen molar-refractivity contribution in [2.24, 2.45) is 0 Å². The van der Waals surface area contributed by atoms with Gasteiger partial charge in [-0.05, 0) is 12.1 Å². The molecular formula is C9H4Cl2N2O2. The van der Waals surface area contributed by atoms with Crippen LogP contribution in [0.5, 0.6) is 0 Å². The first-order valence-corrected chi connectivity index (χ1v) is 4.68. The van der Waals surface area contributed by atoms with Gasteiger partial charge in [0, 0.05) is 11.6 Å². The molecule has 0 atom stereocenters. The van der Waals surface area contributed by atoms with E-state index in [-0.39, 0.29) is 10.7 Å². The summed E-state index contributed by atoms with van der Waals surface area (Å²) in [7, 11) is 0. The molecule has 0 unspecified atom stereocenters. The van der Waals surface area contributed by atoms with Gasteiger partial charge in [-0.3, -0.25) is 0 Å². The third-order valence-electron chi connectivity index (χ3n) is 1.79. The van der Waals surface area contributed by atoms with Crippen LogP contribution in [0.25, 0.3) is 11.0 Å². The average Bonchev–Trinajstić information content (AvgIpc) is 2.15. The van der Waals surface area contributed by atoms with E-state index >= 15 is 0 Å². The molecule has 0 amide bonds. The molecule has 0 radical (unpaired) electrons. The van der Waals surface area contributed by atoms with Crippen molar-refractivity contribution in [1.82, 2.24) is 9.97 Å². The summed E-state index contributed by atoms with van der Waals surface area (Å²) in [5.41, 5.74) is 0.0974. The molecule has 15 heavy (non-hydrogen) atoms. The highest BCUT2D eigenvalue weighted by Crippen LogP contribution is 2.21. The molecule has 0 bridgehead atoms. The average molecular weight is 243 g/mol. The number of fused-ring (bicyclic) bond motifs is 1. The summed E-state index contributed by atoms with van der Waals surface area (Å²) in [5, 5.41) is 9.90. The van der Waals surface area contributed by atoms with Crippen LogP contribution in [0.2, 0.25) is 10.0 Å². The molecule has 76 valence electrons. The molecule has 2 aromatic rings. The van der Waals surface area contributed by atoms with E-state index in [1.807, 2.05) is 0 Å². The van der Waals surface area contributed by atoms with Gasteiger partial charge in [-0.25, -0.2) is 14.8 Å². The van der Waals surface area contributed by atoms with Gasteiger partial charge in [0.05, 0.1) is 10.0 Å². The zero-order valence-electron chi connectivity index (χ0n) is 7.24. The number of carboxylic acids is 1. The van der Waals surface area contributed by atoms with Crippen LogP contribution in [0, 0.1) is 0 Å². The predicted molar refractivity (Wildman–Crippen MR) is 56.5 cm³/mol. The molecule has 0 aliphatic rings. The highest BCUT2D eigenvalue weighted by atomic mass is 35.5. The van der Waals surface area contributed by atoms with E-state index in [1.165, 1.54) is 12.3 Å². The minimum Gasteiger partial charge on any atom is -0.476 e. The maximum atomic E-state index is 10.7. The maximum Gasteiger partial charge on any atom is 0.356 e. The first-order valence-electron chi connectivity index (χ1n) is 3.93. The van der Waals surface area contributed by atoms with Crippen LogP contribution in [0.15, 0.2) is 18.3 Å². The fourth-order valence-electron chi connectivity index (χ4n) is 1.16. The Morgan fingerprint density at radius 2 is 2.07 bits per heavy atom. The van der Waals surface area contributed by atoms with Crippen molar-refractivity contribution in [3.05, 3.63) is 34.1 Å². The molecule has 2 aromatic heterocycles. The third kappa shape index (κ3) is 1.86. The molecule has 6 heteroatoms. The lowest BCUT2D eigenvalue weighted by atomic mass is 10.2. The standard InChI is InChI=1S/C9H4Cl2N2O2/c10-5-1-4-2-6(11)7(9(14)15)13-8(4)12-3-5/h1-3H,(H,14,15). The lowest BCUT2D eigenvalue weighted by molar-refractivity contribution is 0.0691. The summed E-state index contributed by atoms with van der Waals surface area (Å²) in [6.45, 7) is 0. The van der Waals surface area contributed by atoms with Gasteiger partial charge in [0.25, 0.3) is 0 Å². The first-order chi connectivity index (χ1) is 7.08. The summed E-state index contributed by atoms with van der Waals surface area (Å²) in [4.78, 5) is 18.4. The van der Waals surface area contributed by atoms with E-state index in [0.717, 1.165) is 0 Å². The summed E-state index contributed by atoms with van der Waals surface area (Å²) in [6, 6.07) is 3.10. The lowest BCUT2D eigenvalue weighted by Crippen LogP contribution is -2.02. The summed E-state index contributed by atoms with van der Waals surface area (Å²) in [6.07, 6.45) is 1.40. The topological polar surface area (TPSA) is 63.1 Å². The van der Waals surface area contributed by atoms with Crippen LogP contribution >= 0.6 is 23.2 Å². The van der Waals surface area contributed by atoms with Crippen molar-refractivity contribution < 1.29 is 9.90 Å². The molecule has 2 rings (SSSR count). The Labute approximate surface area is 94.5 Å². The molecule has 1 N–H and O–H groups in total. The molecule has 0 aliphatic heterocycles. The number of nitrogens with zero attached hydrogens (tertiary/aromatic N) is 2. The molecule has 4 nitrogen and oxygen atoms in total. The van der Waals surface area contributed by atoms with Crippen molar-refractivity contribution in [1.29, 1.82) is 0 Å². The molecule has 0 saturated carbocycles. The predicted octanol–water partition coefficient (Wildman–Crippen LogP) is 2.63. The van der Waals surface area contributed by atoms with E-state index in [1.54, 1.807) is 6.07 Å². The van der Waals surface area contributed by atoms with Crippen molar-refractivity contribution in [2.75, 3.05) is 0 Å². The number of hydrogen-bond donors (Lipinski definition) is 1. The van der Waals surface area contributed by atoms with Gasteiger partial charge >= 0.3 is 5.97 Å². The van der Waals surface area contributed by atoms with E-state index in [9.17, 15) is 4.79 Å². The molecule has 0 spiro atoms. The Morgan fingerprint density at radius 3 is 2.73 bits per heavy atom. The molecule has 2 heterocycles. The second-order valence-electron chi connectivity index (χ2n) is 2.82. The van der Waals surface area contributed by atoms with Crippen LogP contribution in [-0.4, -0.2) is 21.0 Å². The lowest BCUT2D eigenvalue weighted by Gasteiger charge is -2.01. The van der Waals surface area contributed by atoms with E-state index in [0.29, 0.717) is 16.1 Å². The number of pyridine rings is 2. The van der Waals surface area contributed by atoms with Crippen molar-refractivity contribution in [3.63, 3.8) is 0 Å². The Balaban J connectivity index is 2.76. The molecule has 0 aliphatic carbocycles. The highest BCUT2D eigenvalue weighted by molar-refractivity contribution is 6.34. The highest BCUT2D eigenvalue weighted by Gasteiger charge is 2.12. The third-order valence-corrected chi connectivity index (χ3v) is 2.29. The van der Waals surface area contributed by atoms with Gasteiger partial charge in [0.15, 0.2) is 11.3 Å². The van der Waals surface area contributed by atoms with Gasteiger partial charge in [0.1, 0.15) is 0 Å². The minimum atomic E-state index is -1.18. The largest absolute Gasteiger partial charge is 0.476 e. The second-order valence-corrected chi connectivity index (χ2v) is 3.67. The molecule has 0 aromatic carbocycles. The number of hydrogen-bond acceptors (Lipinski definition) is 3. The van der Waals surface area contributed by atoms with Crippen molar-refractivity contribution in [3.8, 4) is 0 Å². The van der Waals surface area contributed by atoms with Crippen LogP contribution in [0.3, 0.4) is 0 Å². The Bertz CT molecular complexity index is 557. The second kappa shape index (κ2) is 3.64. The number of carbonyl (C=O) groups is 1. The molecule has 0 saturated heterocycles. The summed E-state index contributed by atoms with van der Waals surface area (Å²) in [5.74, 6) is -1.18. The number of aromatic nitrogens is 2. The maximum absolute atomic E-state index is 10.7. The van der Waals surface area contributed by atoms with Gasteiger partial charge in [-0.15, -0.1) is 0 Å². The normalized spacial score (nSPS) is 10.5. The van der Waals surface area contributed by atoms with E-state index in [2.05, 4.69) is 9.97 Å². The SMILES string of the molecule is O=C(O)c1nc2ncc(Cl)cc2cc1Cl. The van der Waals surface area contributed by atoms with Crippen molar-refractivity contribution >= 4 is 40.2 Å². The van der Waals surface area contributed by atoms with Crippen LogP contribution in [0.1, 0.15) is 10.5 Å². The van der Waals surface area contributed by atoms with Crippen LogP contribution in [-0.2, 0) is 0 Å². The number of aromatic carboxylic acids is 1. The minimum absolute atomic E-state index is 0.0686. The smallest absolute Gasteiger partial charge is 0.356 e. The van der Waals surface area contributed by atoms with Gasteiger partial charge in [-0.2, -0.15) is 0 Å². The fourth-order valence-corrected chi connectivity index (χ4v) is 1.57.